The number of hydrogen-bond acceptors (Lipinski definition) is 3. The molecule has 170 valence electrons. The Kier molecular flexibility index (Phi) is 6.49. The van der Waals surface area contributed by atoms with Crippen molar-refractivity contribution >= 4 is 28.1 Å². The Morgan fingerprint density at radius 3 is 2.59 bits per heavy atom. The van der Waals surface area contributed by atoms with Crippen LogP contribution in [-0.2, 0) is 17.9 Å². The Labute approximate surface area is 201 Å². The van der Waals surface area contributed by atoms with Crippen LogP contribution in [0.3, 0.4) is 0 Å². The van der Waals surface area contributed by atoms with E-state index < -0.39 is 0 Å². The molecule has 6 heteroatoms. The summed E-state index contributed by atoms with van der Waals surface area (Å²) >= 11 is 1.66. The van der Waals surface area contributed by atoms with Crippen molar-refractivity contribution < 1.29 is 9.18 Å². The zero-order valence-corrected chi connectivity index (χ0v) is 19.3. The summed E-state index contributed by atoms with van der Waals surface area (Å²) in [6, 6.07) is 24.6. The predicted molar refractivity (Wildman–Crippen MR) is 134 cm³/mol. The summed E-state index contributed by atoms with van der Waals surface area (Å²) in [7, 11) is 0. The molecule has 0 aliphatic heterocycles. The van der Waals surface area contributed by atoms with Gasteiger partial charge in [0, 0.05) is 47.1 Å². The van der Waals surface area contributed by atoms with E-state index in [0.717, 1.165) is 32.6 Å². The molecule has 3 aromatic heterocycles. The summed E-state index contributed by atoms with van der Waals surface area (Å²) in [6.07, 6.45) is 4.22. The van der Waals surface area contributed by atoms with Crippen LogP contribution in [0.1, 0.15) is 34.0 Å². The number of pyridine rings is 1. The number of rotatable bonds is 8. The van der Waals surface area contributed by atoms with Crippen LogP contribution < -0.4 is 5.32 Å². The number of nitrogens with zero attached hydrogens (tertiary/aromatic N) is 2. The smallest absolute Gasteiger partial charge is 0.221 e. The highest BCUT2D eigenvalue weighted by atomic mass is 32.1. The number of nitrogens with one attached hydrogen (secondary N) is 1. The van der Waals surface area contributed by atoms with E-state index in [1.54, 1.807) is 17.5 Å². The minimum absolute atomic E-state index is 0.0144. The zero-order chi connectivity index (χ0) is 23.3. The van der Waals surface area contributed by atoms with Crippen molar-refractivity contribution in [1.82, 2.24) is 14.9 Å². The lowest BCUT2D eigenvalue weighted by molar-refractivity contribution is -0.121. The summed E-state index contributed by atoms with van der Waals surface area (Å²) in [5, 5.41) is 6.19. The van der Waals surface area contributed by atoms with Crippen molar-refractivity contribution in [2.75, 3.05) is 0 Å². The van der Waals surface area contributed by atoms with Gasteiger partial charge in [-0.15, -0.1) is 11.3 Å². The lowest BCUT2D eigenvalue weighted by atomic mass is 9.93. The number of para-hydroxylation sites is 1. The van der Waals surface area contributed by atoms with E-state index in [-0.39, 0.29) is 17.6 Å². The number of benzene rings is 2. The molecule has 0 saturated carbocycles. The third-order valence-corrected chi connectivity index (χ3v) is 6.92. The van der Waals surface area contributed by atoms with Crippen molar-refractivity contribution in [3.8, 4) is 0 Å². The van der Waals surface area contributed by atoms with Crippen LogP contribution in [-0.4, -0.2) is 15.5 Å². The summed E-state index contributed by atoms with van der Waals surface area (Å²) in [5.41, 5.74) is 4.07. The number of hydrogen-bond donors (Lipinski definition) is 1. The van der Waals surface area contributed by atoms with Crippen LogP contribution in [0.25, 0.3) is 10.9 Å². The molecular formula is C28H24FN3OS. The average molecular weight is 470 g/mol. The molecular weight excluding hydrogens is 445 g/mol. The fourth-order valence-corrected chi connectivity index (χ4v) is 5.12. The molecule has 0 aliphatic rings. The molecule has 0 saturated heterocycles. The minimum atomic E-state index is -0.240. The predicted octanol–water partition coefficient (Wildman–Crippen LogP) is 6.12. The fraction of sp³-hybridized carbons (Fsp3) is 0.143. The quantitative estimate of drug-likeness (QED) is 0.297. The van der Waals surface area contributed by atoms with Gasteiger partial charge < -0.3 is 9.88 Å². The molecule has 1 unspecified atom stereocenters. The van der Waals surface area contributed by atoms with E-state index in [2.05, 4.69) is 39.3 Å². The third kappa shape index (κ3) is 4.92. The van der Waals surface area contributed by atoms with Gasteiger partial charge in [-0.05, 0) is 52.9 Å². The first-order valence-electron chi connectivity index (χ1n) is 11.2. The van der Waals surface area contributed by atoms with Gasteiger partial charge in [-0.25, -0.2) is 4.39 Å². The van der Waals surface area contributed by atoms with Crippen molar-refractivity contribution in [1.29, 1.82) is 0 Å². The number of carbonyl (C=O) groups excluding carboxylic acids is 1. The van der Waals surface area contributed by atoms with Gasteiger partial charge in [-0.3, -0.25) is 9.78 Å². The Morgan fingerprint density at radius 1 is 1.00 bits per heavy atom. The Balaban J connectivity index is 1.45. The van der Waals surface area contributed by atoms with Gasteiger partial charge in [0.05, 0.1) is 12.2 Å². The molecule has 0 radical (unpaired) electrons. The molecule has 0 spiro atoms. The van der Waals surface area contributed by atoms with Crippen molar-refractivity contribution in [3.05, 3.63) is 124 Å². The number of carbonyl (C=O) groups is 1. The number of halogens is 1. The van der Waals surface area contributed by atoms with E-state index in [4.69, 9.17) is 0 Å². The maximum Gasteiger partial charge on any atom is 0.221 e. The third-order valence-electron chi connectivity index (χ3n) is 5.93. The molecule has 3 heterocycles. The first-order valence-corrected chi connectivity index (χ1v) is 12.1. The van der Waals surface area contributed by atoms with E-state index >= 15 is 0 Å². The van der Waals surface area contributed by atoms with E-state index in [0.29, 0.717) is 19.5 Å². The highest BCUT2D eigenvalue weighted by Gasteiger charge is 2.23. The second-order valence-corrected chi connectivity index (χ2v) is 9.21. The SMILES string of the molecule is O=C(CC(c1cccs1)c1cn(Cc2ccc(F)cc2)c2ccccc12)NCc1ccccn1. The van der Waals surface area contributed by atoms with Gasteiger partial charge in [0.1, 0.15) is 5.82 Å². The summed E-state index contributed by atoms with van der Waals surface area (Å²) < 4.78 is 15.6. The largest absolute Gasteiger partial charge is 0.350 e. The van der Waals surface area contributed by atoms with Crippen molar-refractivity contribution in [2.45, 2.75) is 25.4 Å². The fourth-order valence-electron chi connectivity index (χ4n) is 4.27. The summed E-state index contributed by atoms with van der Waals surface area (Å²) in [5.74, 6) is -0.321. The molecule has 1 N–H and O–H groups in total. The first-order chi connectivity index (χ1) is 16.7. The normalized spacial score (nSPS) is 12.0. The zero-order valence-electron chi connectivity index (χ0n) is 18.5. The van der Waals surface area contributed by atoms with Gasteiger partial charge in [-0.1, -0.05) is 42.5 Å². The van der Waals surface area contributed by atoms with Crippen LogP contribution >= 0.6 is 11.3 Å². The molecule has 0 bridgehead atoms. The van der Waals surface area contributed by atoms with Crippen LogP contribution in [0.5, 0.6) is 0 Å². The van der Waals surface area contributed by atoms with E-state index in [1.807, 2.05) is 53.9 Å². The molecule has 4 nitrogen and oxygen atoms in total. The summed E-state index contributed by atoms with van der Waals surface area (Å²) in [4.78, 5) is 18.4. The molecule has 0 aliphatic carbocycles. The molecule has 2 aromatic carbocycles. The van der Waals surface area contributed by atoms with Gasteiger partial charge >= 0.3 is 0 Å². The Bertz CT molecular complexity index is 1380. The highest BCUT2D eigenvalue weighted by Crippen LogP contribution is 2.37. The van der Waals surface area contributed by atoms with E-state index in [1.165, 1.54) is 12.1 Å². The van der Waals surface area contributed by atoms with Gasteiger partial charge in [0.2, 0.25) is 5.91 Å². The van der Waals surface area contributed by atoms with Crippen LogP contribution in [0, 0.1) is 5.82 Å². The second kappa shape index (κ2) is 10.0. The summed E-state index contributed by atoms with van der Waals surface area (Å²) in [6.45, 7) is 1.03. The number of aromatic nitrogens is 2. The topological polar surface area (TPSA) is 46.9 Å². The maximum atomic E-state index is 13.4. The first kappa shape index (κ1) is 22.0. The number of thiophene rings is 1. The standard InChI is InChI=1S/C28H24FN3OS/c29-21-12-10-20(11-13-21)18-32-19-25(23-7-1-2-8-26(23)32)24(27-9-5-15-34-27)16-28(33)31-17-22-6-3-4-14-30-22/h1-15,19,24H,16-18H2,(H,31,33). The molecule has 5 aromatic rings. The van der Waals surface area contributed by atoms with Crippen molar-refractivity contribution in [3.63, 3.8) is 0 Å². The monoisotopic (exact) mass is 469 g/mol. The number of fused-ring (bicyclic) bond motifs is 1. The van der Waals surface area contributed by atoms with Crippen LogP contribution in [0.15, 0.2) is 96.6 Å². The van der Waals surface area contributed by atoms with Gasteiger partial charge in [-0.2, -0.15) is 0 Å². The Morgan fingerprint density at radius 2 is 1.82 bits per heavy atom. The maximum absolute atomic E-state index is 13.4. The van der Waals surface area contributed by atoms with Crippen LogP contribution in [0.4, 0.5) is 4.39 Å². The van der Waals surface area contributed by atoms with Crippen LogP contribution in [0.2, 0.25) is 0 Å². The van der Waals surface area contributed by atoms with E-state index in [9.17, 15) is 9.18 Å². The Hall–Kier alpha value is -3.77. The molecule has 34 heavy (non-hydrogen) atoms. The molecule has 1 atom stereocenters. The lowest BCUT2D eigenvalue weighted by Gasteiger charge is -2.15. The van der Waals surface area contributed by atoms with Gasteiger partial charge in [0.15, 0.2) is 0 Å². The highest BCUT2D eigenvalue weighted by molar-refractivity contribution is 7.10. The number of amides is 1. The lowest BCUT2D eigenvalue weighted by Crippen LogP contribution is -2.25. The average Bonchev–Trinajstić information content (AvgIpc) is 3.52. The molecule has 5 rings (SSSR count). The molecule has 0 fully saturated rings. The molecule has 1 amide bonds. The minimum Gasteiger partial charge on any atom is -0.350 e. The van der Waals surface area contributed by atoms with Crippen molar-refractivity contribution in [2.24, 2.45) is 0 Å². The second-order valence-electron chi connectivity index (χ2n) is 8.23. The van der Waals surface area contributed by atoms with Gasteiger partial charge in [0.25, 0.3) is 0 Å².